The van der Waals surface area contributed by atoms with Crippen LogP contribution in [0.2, 0.25) is 0 Å². The quantitative estimate of drug-likeness (QED) is 0.343. The van der Waals surface area contributed by atoms with E-state index in [9.17, 15) is 5.11 Å². The van der Waals surface area contributed by atoms with Crippen molar-refractivity contribution in [2.75, 3.05) is 18.1 Å². The molecule has 0 radical (unpaired) electrons. The zero-order valence-electron chi connectivity index (χ0n) is 22.0. The minimum Gasteiger partial charge on any atom is -0.499 e. The summed E-state index contributed by atoms with van der Waals surface area (Å²) in [5.41, 5.74) is 3.09. The van der Waals surface area contributed by atoms with Crippen molar-refractivity contribution < 1.29 is 9.84 Å². The van der Waals surface area contributed by atoms with Crippen molar-refractivity contribution in [3.05, 3.63) is 127 Å². The third-order valence-electron chi connectivity index (χ3n) is 6.99. The number of fused-ring (bicyclic) bond motifs is 1. The predicted molar refractivity (Wildman–Crippen MR) is 157 cm³/mol. The number of nitrogens with zero attached hydrogens (tertiary/aromatic N) is 4. The fourth-order valence-corrected chi connectivity index (χ4v) is 6.46. The molecule has 2 aliphatic heterocycles. The first-order chi connectivity index (χ1) is 18.9. The van der Waals surface area contributed by atoms with E-state index in [2.05, 4.69) is 62.8 Å². The summed E-state index contributed by atoms with van der Waals surface area (Å²) in [4.78, 5) is 13.7. The molecule has 2 heterocycles. The maximum atomic E-state index is 9.43. The van der Waals surface area contributed by atoms with E-state index < -0.39 is 5.60 Å². The zero-order chi connectivity index (χ0) is 28.0. The molecule has 1 unspecified atom stereocenters. The summed E-state index contributed by atoms with van der Waals surface area (Å²) < 4.78 is 6.07. The van der Waals surface area contributed by atoms with Crippen LogP contribution in [0, 0.1) is 19.7 Å². The van der Waals surface area contributed by atoms with Crippen LogP contribution in [0.25, 0.3) is 14.5 Å². The standard InChI is InChI=1S/C31H29ClN4O2S/c1-6-36-24-13-7-8-14-25(24)39-26(36)18-16-22-12-9-11-21(27(22)32)15-17-23-28(33-3)29(30(34-4)35-5)38-31(23,2)19-10-20-37/h7-8,13-18,37H,6,9-12,19-20H2,1-2H3/b17-15+,22-16+,26-18+. The van der Waals surface area contributed by atoms with Crippen molar-refractivity contribution in [3.63, 3.8) is 0 Å². The van der Waals surface area contributed by atoms with Crippen LogP contribution in [0.1, 0.15) is 46.0 Å². The first kappa shape index (κ1) is 28.3. The molecule has 1 atom stereocenters. The Hall–Kier alpha value is -3.67. The molecular weight excluding hydrogens is 528 g/mol. The van der Waals surface area contributed by atoms with Crippen molar-refractivity contribution in [2.45, 2.75) is 56.4 Å². The number of hydrogen-bond donors (Lipinski definition) is 1. The zero-order valence-corrected chi connectivity index (χ0v) is 23.6. The summed E-state index contributed by atoms with van der Waals surface area (Å²) in [6.45, 7) is 27.3. The lowest BCUT2D eigenvalue weighted by atomic mass is 9.88. The van der Waals surface area contributed by atoms with Crippen LogP contribution in [-0.2, 0) is 4.74 Å². The lowest BCUT2D eigenvalue weighted by molar-refractivity contribution is 0.0615. The fraction of sp³-hybridized carbons (Fsp3) is 0.323. The lowest BCUT2D eigenvalue weighted by Crippen LogP contribution is -2.26. The largest absolute Gasteiger partial charge is 0.550 e. The molecule has 1 aliphatic carbocycles. The molecule has 3 aliphatic rings. The van der Waals surface area contributed by atoms with E-state index >= 15 is 0 Å². The van der Waals surface area contributed by atoms with Crippen LogP contribution < -0.4 is 4.90 Å². The number of allylic oxidation sites excluding steroid dienone is 6. The van der Waals surface area contributed by atoms with E-state index in [4.69, 9.17) is 36.1 Å². The van der Waals surface area contributed by atoms with Gasteiger partial charge in [-0.2, -0.15) is 9.69 Å². The Morgan fingerprint density at radius 3 is 2.64 bits per heavy atom. The molecule has 0 amide bonds. The highest BCUT2D eigenvalue weighted by Crippen LogP contribution is 2.47. The smallest absolute Gasteiger partial charge is 0.499 e. The number of hydrogen-bond acceptors (Lipinski definition) is 4. The molecule has 8 heteroatoms. The third kappa shape index (κ3) is 5.70. The molecule has 198 valence electrons. The number of thioether (sulfide) groups is 1. The summed E-state index contributed by atoms with van der Waals surface area (Å²) in [6, 6.07) is 8.40. The van der Waals surface area contributed by atoms with Gasteiger partial charge < -0.3 is 14.7 Å². The van der Waals surface area contributed by atoms with E-state index in [0.717, 1.165) is 37.0 Å². The molecule has 0 saturated heterocycles. The second-order valence-electron chi connectivity index (χ2n) is 9.45. The van der Waals surface area contributed by atoms with Gasteiger partial charge in [-0.15, -0.1) is 0 Å². The molecule has 1 aromatic rings. The van der Waals surface area contributed by atoms with E-state index in [0.29, 0.717) is 23.4 Å². The Balaban J connectivity index is 1.68. The van der Waals surface area contributed by atoms with Crippen LogP contribution in [0.5, 0.6) is 0 Å². The van der Waals surface area contributed by atoms with Gasteiger partial charge in [-0.3, -0.25) is 0 Å². The van der Waals surface area contributed by atoms with E-state index in [-0.39, 0.29) is 23.9 Å². The number of para-hydroxylation sites is 1. The third-order valence-corrected chi connectivity index (χ3v) is 8.61. The maximum absolute atomic E-state index is 9.43. The first-order valence-electron chi connectivity index (χ1n) is 12.8. The van der Waals surface area contributed by atoms with Gasteiger partial charge in [0, 0.05) is 28.7 Å². The molecule has 1 aromatic carbocycles. The Kier molecular flexibility index (Phi) is 9.05. The summed E-state index contributed by atoms with van der Waals surface area (Å²) >= 11 is 8.67. The summed E-state index contributed by atoms with van der Waals surface area (Å²) in [5.74, 6) is -0.248. The van der Waals surface area contributed by atoms with E-state index in [1.165, 1.54) is 15.6 Å². The Morgan fingerprint density at radius 2 is 1.95 bits per heavy atom. The van der Waals surface area contributed by atoms with Crippen LogP contribution in [0.15, 0.2) is 97.5 Å². The van der Waals surface area contributed by atoms with Gasteiger partial charge in [0.05, 0.1) is 17.3 Å². The Morgan fingerprint density at radius 1 is 1.18 bits per heavy atom. The number of ether oxygens (including phenoxy) is 1. The van der Waals surface area contributed by atoms with Crippen LogP contribution >= 0.6 is 23.4 Å². The van der Waals surface area contributed by atoms with E-state index in [1.54, 1.807) is 11.8 Å². The van der Waals surface area contributed by atoms with Crippen molar-refractivity contribution in [1.82, 2.24) is 0 Å². The minimum atomic E-state index is -0.932. The molecule has 0 spiro atoms. The Labute approximate surface area is 239 Å². The van der Waals surface area contributed by atoms with Crippen molar-refractivity contribution in [2.24, 2.45) is 0 Å². The molecule has 0 bridgehead atoms. The number of rotatable bonds is 7. The van der Waals surface area contributed by atoms with Gasteiger partial charge in [-0.1, -0.05) is 53.7 Å². The summed E-state index contributed by atoms with van der Waals surface area (Å²) in [5, 5.41) is 11.3. The summed E-state index contributed by atoms with van der Waals surface area (Å²) in [6.07, 6.45) is 11.5. The molecule has 0 aromatic heterocycles. The number of halogens is 1. The SMILES string of the molecule is [C-]#[N+]C([N+]#[C-])=C1OC(C)(CCCO)C(/C=C/C2=C(Cl)C(=C/C=C3/Sc4ccccc4N3CC)/CCC2)=C1[N+]#[C-]. The van der Waals surface area contributed by atoms with Crippen LogP contribution in [0.4, 0.5) is 5.69 Å². The average Bonchev–Trinajstić information content (AvgIpc) is 3.45. The number of anilines is 1. The van der Waals surface area contributed by atoms with Crippen molar-refractivity contribution in [3.8, 4) is 0 Å². The molecule has 0 fully saturated rings. The molecule has 1 N–H and O–H groups in total. The second-order valence-corrected chi connectivity index (χ2v) is 10.9. The molecule has 0 saturated carbocycles. The van der Waals surface area contributed by atoms with Gasteiger partial charge in [0.25, 0.3) is 0 Å². The fourth-order valence-electron chi connectivity index (χ4n) is 5.01. The molecule has 4 rings (SSSR count). The van der Waals surface area contributed by atoms with Crippen LogP contribution in [-0.4, -0.2) is 23.9 Å². The number of benzene rings is 1. The van der Waals surface area contributed by atoms with Crippen molar-refractivity contribution in [1.29, 1.82) is 0 Å². The first-order valence-corrected chi connectivity index (χ1v) is 14.0. The summed E-state index contributed by atoms with van der Waals surface area (Å²) in [7, 11) is 0. The molecular formula is C31H29ClN4O2S. The number of aliphatic hydroxyl groups is 1. The topological polar surface area (TPSA) is 45.8 Å². The van der Waals surface area contributed by atoms with E-state index in [1.807, 2.05) is 19.1 Å². The van der Waals surface area contributed by atoms with Gasteiger partial charge in [0.2, 0.25) is 11.5 Å². The average molecular weight is 557 g/mol. The maximum Gasteiger partial charge on any atom is 0.550 e. The molecule has 6 nitrogen and oxygen atoms in total. The highest BCUT2D eigenvalue weighted by molar-refractivity contribution is 8.03. The van der Waals surface area contributed by atoms with Gasteiger partial charge in [0.1, 0.15) is 18.7 Å². The van der Waals surface area contributed by atoms with Crippen LogP contribution in [0.3, 0.4) is 0 Å². The lowest BCUT2D eigenvalue weighted by Gasteiger charge is -2.27. The molecule has 39 heavy (non-hydrogen) atoms. The monoisotopic (exact) mass is 556 g/mol. The van der Waals surface area contributed by atoms with Crippen molar-refractivity contribution >= 4 is 29.1 Å². The highest BCUT2D eigenvalue weighted by atomic mass is 35.5. The predicted octanol–water partition coefficient (Wildman–Crippen LogP) is 8.36. The highest BCUT2D eigenvalue weighted by Gasteiger charge is 2.44. The van der Waals surface area contributed by atoms with Gasteiger partial charge in [-0.05, 0) is 75.3 Å². The van der Waals surface area contributed by atoms with Gasteiger partial charge >= 0.3 is 5.82 Å². The Bertz CT molecular complexity index is 1460. The van der Waals surface area contributed by atoms with Gasteiger partial charge in [-0.25, -0.2) is 4.85 Å². The normalized spacial score (nSPS) is 22.8. The van der Waals surface area contributed by atoms with Gasteiger partial charge in [0.15, 0.2) is 0 Å². The minimum absolute atomic E-state index is 0.0153. The number of aliphatic hydroxyl groups excluding tert-OH is 1. The second kappa shape index (κ2) is 12.5.